The topological polar surface area (TPSA) is 37.8 Å². The van der Waals surface area contributed by atoms with Crippen LogP contribution in [0.1, 0.15) is 36.4 Å². The fraction of sp³-hybridized carbons (Fsp3) is 0.750. The third-order valence-electron chi connectivity index (χ3n) is 1.93. The first-order valence-electron chi connectivity index (χ1n) is 4.25. The Kier molecular flexibility index (Phi) is 3.62. The van der Waals surface area contributed by atoms with Gasteiger partial charge < -0.3 is 5.32 Å². The van der Waals surface area contributed by atoms with Crippen molar-refractivity contribution in [1.29, 1.82) is 0 Å². The molecule has 1 rings (SSSR count). The maximum absolute atomic E-state index is 4.00. The number of nitrogens with zero attached hydrogens (tertiary/aromatic N) is 2. The number of aryl methyl sites for hydroxylation is 1. The zero-order valence-electron chi connectivity index (χ0n) is 7.79. The summed E-state index contributed by atoms with van der Waals surface area (Å²) in [5, 5.41) is 7.27. The second-order valence-corrected chi connectivity index (χ2v) is 3.64. The Morgan fingerprint density at radius 3 is 2.75 bits per heavy atom. The van der Waals surface area contributed by atoms with E-state index in [0.717, 1.165) is 12.1 Å². The summed E-state index contributed by atoms with van der Waals surface area (Å²) in [5.41, 5.74) is 1.06. The highest BCUT2D eigenvalue weighted by Gasteiger charge is 2.13. The number of hydrogen-bond acceptors (Lipinski definition) is 4. The van der Waals surface area contributed by atoms with Crippen molar-refractivity contribution in [2.24, 2.45) is 0 Å². The van der Waals surface area contributed by atoms with Crippen molar-refractivity contribution in [3.8, 4) is 0 Å². The molecule has 1 aromatic heterocycles. The first-order chi connectivity index (χ1) is 5.79. The van der Waals surface area contributed by atoms with Gasteiger partial charge in [0.2, 0.25) is 0 Å². The van der Waals surface area contributed by atoms with Gasteiger partial charge in [-0.25, -0.2) is 0 Å². The summed E-state index contributed by atoms with van der Waals surface area (Å²) < 4.78 is 3.92. The summed E-state index contributed by atoms with van der Waals surface area (Å²) >= 11 is 1.50. The van der Waals surface area contributed by atoms with Crippen LogP contribution < -0.4 is 5.32 Å². The van der Waals surface area contributed by atoms with Gasteiger partial charge in [-0.1, -0.05) is 17.8 Å². The smallest absolute Gasteiger partial charge is 0.0772 e. The fourth-order valence-electron chi connectivity index (χ4n) is 1.25. The predicted molar refractivity (Wildman–Crippen MR) is 51.4 cm³/mol. The van der Waals surface area contributed by atoms with Gasteiger partial charge in [-0.3, -0.25) is 0 Å². The number of nitrogens with one attached hydrogen (secondary N) is 1. The molecule has 0 saturated carbocycles. The Hall–Kier alpha value is -0.480. The van der Waals surface area contributed by atoms with E-state index in [-0.39, 0.29) is 0 Å². The molecule has 0 amide bonds. The minimum Gasteiger partial charge on any atom is -0.312 e. The molecule has 0 aliphatic carbocycles. The van der Waals surface area contributed by atoms with Crippen molar-refractivity contribution in [1.82, 2.24) is 14.9 Å². The molecule has 4 heteroatoms. The normalized spacial score (nSPS) is 13.2. The van der Waals surface area contributed by atoms with Crippen LogP contribution >= 0.6 is 11.5 Å². The Balaban J connectivity index is 2.72. The SMILES string of the molecule is CCCC(NC)c1snnc1C. The summed E-state index contributed by atoms with van der Waals surface area (Å²) in [4.78, 5) is 1.28. The molecule has 1 unspecified atom stereocenters. The van der Waals surface area contributed by atoms with Gasteiger partial charge in [-0.2, -0.15) is 0 Å². The number of rotatable bonds is 4. The Morgan fingerprint density at radius 2 is 2.33 bits per heavy atom. The average Bonchev–Trinajstić information content (AvgIpc) is 2.47. The van der Waals surface area contributed by atoms with Gasteiger partial charge in [0.1, 0.15) is 0 Å². The van der Waals surface area contributed by atoms with Gasteiger partial charge in [0.25, 0.3) is 0 Å². The summed E-state index contributed by atoms with van der Waals surface area (Å²) in [6.45, 7) is 4.20. The molecule has 1 atom stereocenters. The summed E-state index contributed by atoms with van der Waals surface area (Å²) in [6.07, 6.45) is 2.34. The van der Waals surface area contributed by atoms with Crippen LogP contribution in [0, 0.1) is 6.92 Å². The van der Waals surface area contributed by atoms with Crippen LogP contribution in [0.4, 0.5) is 0 Å². The summed E-state index contributed by atoms with van der Waals surface area (Å²) in [6, 6.07) is 0.440. The zero-order valence-corrected chi connectivity index (χ0v) is 8.61. The van der Waals surface area contributed by atoms with E-state index in [1.54, 1.807) is 0 Å². The predicted octanol–water partition coefficient (Wildman–Crippen LogP) is 1.91. The third-order valence-corrected chi connectivity index (χ3v) is 2.87. The van der Waals surface area contributed by atoms with Crippen molar-refractivity contribution in [2.75, 3.05) is 7.05 Å². The molecule has 0 saturated heterocycles. The molecule has 0 aliphatic heterocycles. The van der Waals surface area contributed by atoms with Gasteiger partial charge in [-0.15, -0.1) is 5.10 Å². The Bertz CT molecular complexity index is 234. The molecule has 0 fully saturated rings. The Labute approximate surface area is 77.4 Å². The monoisotopic (exact) mass is 185 g/mol. The second-order valence-electron chi connectivity index (χ2n) is 2.85. The molecule has 0 radical (unpaired) electrons. The molecule has 1 heterocycles. The molecule has 0 bridgehead atoms. The summed E-state index contributed by atoms with van der Waals surface area (Å²) in [7, 11) is 1.99. The van der Waals surface area contributed by atoms with E-state index < -0.39 is 0 Å². The lowest BCUT2D eigenvalue weighted by atomic mass is 10.1. The maximum atomic E-state index is 4.00. The van der Waals surface area contributed by atoms with Gasteiger partial charge in [0.05, 0.1) is 10.6 Å². The second kappa shape index (κ2) is 4.52. The van der Waals surface area contributed by atoms with E-state index in [9.17, 15) is 0 Å². The van der Waals surface area contributed by atoms with E-state index in [0.29, 0.717) is 6.04 Å². The highest BCUT2D eigenvalue weighted by molar-refractivity contribution is 7.05. The summed E-state index contributed by atoms with van der Waals surface area (Å²) in [5.74, 6) is 0. The maximum Gasteiger partial charge on any atom is 0.0772 e. The average molecular weight is 185 g/mol. The molecular weight excluding hydrogens is 170 g/mol. The molecule has 12 heavy (non-hydrogen) atoms. The van der Waals surface area contributed by atoms with Crippen LogP contribution in [0.3, 0.4) is 0 Å². The molecular formula is C8H15N3S. The van der Waals surface area contributed by atoms with E-state index in [2.05, 4.69) is 21.8 Å². The molecule has 0 aliphatic rings. The number of aromatic nitrogens is 2. The minimum atomic E-state index is 0.440. The van der Waals surface area contributed by atoms with E-state index in [1.165, 1.54) is 22.8 Å². The van der Waals surface area contributed by atoms with E-state index in [4.69, 9.17) is 0 Å². The molecule has 0 spiro atoms. The molecule has 68 valence electrons. The quantitative estimate of drug-likeness (QED) is 0.778. The molecule has 3 nitrogen and oxygen atoms in total. The Morgan fingerprint density at radius 1 is 1.58 bits per heavy atom. The first kappa shape index (κ1) is 9.61. The van der Waals surface area contributed by atoms with Crippen LogP contribution in [0.25, 0.3) is 0 Å². The molecule has 1 aromatic rings. The lowest BCUT2D eigenvalue weighted by Gasteiger charge is -2.12. The highest BCUT2D eigenvalue weighted by atomic mass is 32.1. The minimum absolute atomic E-state index is 0.440. The van der Waals surface area contributed by atoms with Crippen molar-refractivity contribution >= 4 is 11.5 Å². The third kappa shape index (κ3) is 2.01. The van der Waals surface area contributed by atoms with E-state index >= 15 is 0 Å². The zero-order chi connectivity index (χ0) is 8.97. The van der Waals surface area contributed by atoms with Crippen LogP contribution in [0.2, 0.25) is 0 Å². The standard InChI is InChI=1S/C8H15N3S/c1-4-5-7(9-3)8-6(2)10-11-12-8/h7,9H,4-5H2,1-3H3. The van der Waals surface area contributed by atoms with Gasteiger partial charge in [-0.05, 0) is 31.9 Å². The van der Waals surface area contributed by atoms with E-state index in [1.807, 2.05) is 14.0 Å². The lowest BCUT2D eigenvalue weighted by Crippen LogP contribution is -2.15. The molecule has 1 N–H and O–H groups in total. The fourth-order valence-corrected chi connectivity index (χ4v) is 2.04. The first-order valence-corrected chi connectivity index (χ1v) is 5.03. The number of hydrogen-bond donors (Lipinski definition) is 1. The largest absolute Gasteiger partial charge is 0.312 e. The van der Waals surface area contributed by atoms with Crippen LogP contribution in [-0.4, -0.2) is 16.6 Å². The van der Waals surface area contributed by atoms with Gasteiger partial charge >= 0.3 is 0 Å². The van der Waals surface area contributed by atoms with Crippen molar-refractivity contribution < 1.29 is 0 Å². The van der Waals surface area contributed by atoms with Crippen LogP contribution in [-0.2, 0) is 0 Å². The highest BCUT2D eigenvalue weighted by Crippen LogP contribution is 2.23. The molecule has 0 aromatic carbocycles. The van der Waals surface area contributed by atoms with Crippen molar-refractivity contribution in [3.05, 3.63) is 10.6 Å². The van der Waals surface area contributed by atoms with Crippen molar-refractivity contribution in [3.63, 3.8) is 0 Å². The van der Waals surface area contributed by atoms with Crippen LogP contribution in [0.5, 0.6) is 0 Å². The lowest BCUT2D eigenvalue weighted by molar-refractivity contribution is 0.546. The van der Waals surface area contributed by atoms with Gasteiger partial charge in [0.15, 0.2) is 0 Å². The van der Waals surface area contributed by atoms with Crippen molar-refractivity contribution in [2.45, 2.75) is 32.7 Å². The van der Waals surface area contributed by atoms with Gasteiger partial charge in [0, 0.05) is 6.04 Å². The van der Waals surface area contributed by atoms with Crippen LogP contribution in [0.15, 0.2) is 0 Å².